The zero-order valence-corrected chi connectivity index (χ0v) is 12.2. The van der Waals surface area contributed by atoms with Gasteiger partial charge in [-0.25, -0.2) is 4.98 Å². The summed E-state index contributed by atoms with van der Waals surface area (Å²) in [6.45, 7) is 2.90. The Balaban J connectivity index is 1.69. The molecule has 0 aliphatic carbocycles. The molecule has 0 aliphatic rings. The second-order valence-corrected chi connectivity index (χ2v) is 5.60. The molecule has 1 N–H and O–H groups in total. The van der Waals surface area contributed by atoms with Crippen molar-refractivity contribution in [2.24, 2.45) is 0 Å². The minimum absolute atomic E-state index is 0.807. The van der Waals surface area contributed by atoms with Crippen LogP contribution in [0.4, 0.5) is 5.13 Å². The first-order chi connectivity index (χ1) is 9.81. The van der Waals surface area contributed by atoms with E-state index in [4.69, 9.17) is 0 Å². The minimum atomic E-state index is 0.807. The highest BCUT2D eigenvalue weighted by Gasteiger charge is 2.04. The predicted octanol–water partition coefficient (Wildman–Crippen LogP) is 4.73. The smallest absolute Gasteiger partial charge is 0.183 e. The lowest BCUT2D eigenvalue weighted by atomic mass is 10.1. The Labute approximate surface area is 123 Å². The summed E-state index contributed by atoms with van der Waals surface area (Å²) in [6.07, 6.45) is 0. The van der Waals surface area contributed by atoms with Gasteiger partial charge in [-0.15, -0.1) is 11.3 Å². The molecule has 2 nitrogen and oxygen atoms in total. The van der Waals surface area contributed by atoms with Crippen molar-refractivity contribution >= 4 is 16.5 Å². The highest BCUT2D eigenvalue weighted by Crippen LogP contribution is 2.25. The molecule has 3 heteroatoms. The van der Waals surface area contributed by atoms with E-state index in [-0.39, 0.29) is 0 Å². The molecule has 0 amide bonds. The summed E-state index contributed by atoms with van der Waals surface area (Å²) in [5.74, 6) is 0. The Morgan fingerprint density at radius 2 is 1.75 bits per heavy atom. The largest absolute Gasteiger partial charge is 0.357 e. The fourth-order valence-corrected chi connectivity index (χ4v) is 2.70. The van der Waals surface area contributed by atoms with Crippen LogP contribution in [0.2, 0.25) is 0 Å². The van der Waals surface area contributed by atoms with Gasteiger partial charge in [-0.3, -0.25) is 0 Å². The van der Waals surface area contributed by atoms with Crippen LogP contribution in [-0.2, 0) is 6.54 Å². The second-order valence-electron chi connectivity index (χ2n) is 4.74. The van der Waals surface area contributed by atoms with Crippen molar-refractivity contribution in [1.82, 2.24) is 4.98 Å². The van der Waals surface area contributed by atoms with E-state index in [9.17, 15) is 0 Å². The summed E-state index contributed by atoms with van der Waals surface area (Å²) in [6, 6.07) is 18.8. The van der Waals surface area contributed by atoms with Crippen molar-refractivity contribution in [3.05, 3.63) is 71.1 Å². The number of hydrogen-bond donors (Lipinski definition) is 1. The Kier molecular flexibility index (Phi) is 3.79. The van der Waals surface area contributed by atoms with Gasteiger partial charge in [0.05, 0.1) is 5.69 Å². The average Bonchev–Trinajstić information content (AvgIpc) is 2.96. The van der Waals surface area contributed by atoms with Crippen LogP contribution >= 0.6 is 11.3 Å². The highest BCUT2D eigenvalue weighted by molar-refractivity contribution is 7.14. The maximum absolute atomic E-state index is 4.63. The molecule has 1 aromatic heterocycles. The number of aryl methyl sites for hydroxylation is 1. The second kappa shape index (κ2) is 5.88. The Bertz CT molecular complexity index is 672. The van der Waals surface area contributed by atoms with Crippen LogP contribution in [0, 0.1) is 6.92 Å². The van der Waals surface area contributed by atoms with Gasteiger partial charge in [0.25, 0.3) is 0 Å². The van der Waals surface area contributed by atoms with Crippen molar-refractivity contribution in [1.29, 1.82) is 0 Å². The molecule has 20 heavy (non-hydrogen) atoms. The van der Waals surface area contributed by atoms with Gasteiger partial charge in [-0.1, -0.05) is 60.2 Å². The van der Waals surface area contributed by atoms with Gasteiger partial charge in [0.1, 0.15) is 0 Å². The Hall–Kier alpha value is -2.13. The average molecular weight is 280 g/mol. The van der Waals surface area contributed by atoms with Crippen LogP contribution in [0.3, 0.4) is 0 Å². The molecule has 0 radical (unpaired) electrons. The van der Waals surface area contributed by atoms with E-state index in [1.165, 1.54) is 16.7 Å². The number of rotatable bonds is 4. The minimum Gasteiger partial charge on any atom is -0.357 e. The van der Waals surface area contributed by atoms with Gasteiger partial charge in [-0.2, -0.15) is 0 Å². The third-order valence-corrected chi connectivity index (χ3v) is 3.94. The van der Waals surface area contributed by atoms with Crippen LogP contribution in [0.15, 0.2) is 60.0 Å². The van der Waals surface area contributed by atoms with Crippen molar-refractivity contribution in [2.75, 3.05) is 5.32 Å². The van der Waals surface area contributed by atoms with Crippen molar-refractivity contribution in [3.8, 4) is 11.3 Å². The van der Waals surface area contributed by atoms with Gasteiger partial charge in [0.2, 0.25) is 0 Å². The zero-order chi connectivity index (χ0) is 13.8. The van der Waals surface area contributed by atoms with Crippen LogP contribution in [0.5, 0.6) is 0 Å². The topological polar surface area (TPSA) is 24.9 Å². The molecule has 3 aromatic rings. The fourth-order valence-electron chi connectivity index (χ4n) is 1.99. The van der Waals surface area contributed by atoms with E-state index in [1.54, 1.807) is 11.3 Å². The summed E-state index contributed by atoms with van der Waals surface area (Å²) in [5, 5.41) is 6.43. The SMILES string of the molecule is Cc1ccc(-c2csc(NCc3ccccc3)n2)cc1. The van der Waals surface area contributed by atoms with Crippen molar-refractivity contribution in [2.45, 2.75) is 13.5 Å². The summed E-state index contributed by atoms with van der Waals surface area (Å²) in [4.78, 5) is 4.63. The van der Waals surface area contributed by atoms with E-state index in [0.29, 0.717) is 0 Å². The molecule has 0 saturated carbocycles. The third-order valence-electron chi connectivity index (χ3n) is 3.14. The molecule has 0 atom stereocenters. The standard InChI is InChI=1S/C17H16N2S/c1-13-7-9-15(10-8-13)16-12-20-17(19-16)18-11-14-5-3-2-4-6-14/h2-10,12H,11H2,1H3,(H,18,19). The number of hydrogen-bond acceptors (Lipinski definition) is 3. The quantitative estimate of drug-likeness (QED) is 0.747. The number of nitrogens with one attached hydrogen (secondary N) is 1. The van der Waals surface area contributed by atoms with Crippen LogP contribution in [0.25, 0.3) is 11.3 Å². The summed E-state index contributed by atoms with van der Waals surface area (Å²) in [7, 11) is 0. The van der Waals surface area contributed by atoms with Crippen LogP contribution in [0.1, 0.15) is 11.1 Å². The molecular formula is C17H16N2S. The molecule has 100 valence electrons. The zero-order valence-electron chi connectivity index (χ0n) is 11.3. The third kappa shape index (κ3) is 3.06. The first-order valence-electron chi connectivity index (χ1n) is 6.61. The van der Waals surface area contributed by atoms with Crippen LogP contribution in [-0.4, -0.2) is 4.98 Å². The van der Waals surface area contributed by atoms with Crippen molar-refractivity contribution in [3.63, 3.8) is 0 Å². The van der Waals surface area contributed by atoms with E-state index in [0.717, 1.165) is 17.4 Å². The van der Waals surface area contributed by atoms with E-state index < -0.39 is 0 Å². The molecule has 0 bridgehead atoms. The number of aromatic nitrogens is 1. The fraction of sp³-hybridized carbons (Fsp3) is 0.118. The lowest BCUT2D eigenvalue weighted by Gasteiger charge is -2.02. The number of benzene rings is 2. The van der Waals surface area contributed by atoms with Gasteiger partial charge in [-0.05, 0) is 12.5 Å². The summed E-state index contributed by atoms with van der Waals surface area (Å²) < 4.78 is 0. The number of anilines is 1. The molecule has 0 saturated heterocycles. The summed E-state index contributed by atoms with van der Waals surface area (Å²) >= 11 is 1.65. The number of thiazole rings is 1. The Morgan fingerprint density at radius 3 is 2.50 bits per heavy atom. The first-order valence-corrected chi connectivity index (χ1v) is 7.49. The lowest BCUT2D eigenvalue weighted by Crippen LogP contribution is -1.98. The van der Waals surface area contributed by atoms with Gasteiger partial charge in [0.15, 0.2) is 5.13 Å². The summed E-state index contributed by atoms with van der Waals surface area (Å²) in [5.41, 5.74) is 4.73. The normalized spacial score (nSPS) is 10.4. The number of nitrogens with zero attached hydrogens (tertiary/aromatic N) is 1. The molecule has 0 fully saturated rings. The van der Waals surface area contributed by atoms with E-state index in [2.05, 4.69) is 71.1 Å². The maximum atomic E-state index is 4.63. The van der Waals surface area contributed by atoms with Crippen molar-refractivity contribution < 1.29 is 0 Å². The maximum Gasteiger partial charge on any atom is 0.183 e. The molecule has 2 aromatic carbocycles. The molecular weight excluding hydrogens is 264 g/mol. The molecule has 0 aliphatic heterocycles. The molecule has 1 heterocycles. The molecule has 0 unspecified atom stereocenters. The first kappa shape index (κ1) is 12.9. The predicted molar refractivity (Wildman–Crippen MR) is 86.1 cm³/mol. The Morgan fingerprint density at radius 1 is 1.00 bits per heavy atom. The lowest BCUT2D eigenvalue weighted by molar-refractivity contribution is 1.14. The monoisotopic (exact) mass is 280 g/mol. The van der Waals surface area contributed by atoms with Gasteiger partial charge < -0.3 is 5.32 Å². The van der Waals surface area contributed by atoms with Crippen LogP contribution < -0.4 is 5.32 Å². The van der Waals surface area contributed by atoms with Gasteiger partial charge >= 0.3 is 0 Å². The molecule has 0 spiro atoms. The molecule has 3 rings (SSSR count). The van der Waals surface area contributed by atoms with Gasteiger partial charge in [0, 0.05) is 17.5 Å². The van der Waals surface area contributed by atoms with E-state index >= 15 is 0 Å². The highest BCUT2D eigenvalue weighted by atomic mass is 32.1. The van der Waals surface area contributed by atoms with E-state index in [1.807, 2.05) is 6.07 Å².